The molecule has 2 nitrogen and oxygen atoms in total. The zero-order valence-electron chi connectivity index (χ0n) is 11.5. The molecule has 0 radical (unpaired) electrons. The minimum Gasteiger partial charge on any atom is -0.351 e. The van der Waals surface area contributed by atoms with Gasteiger partial charge >= 0.3 is 0 Å². The highest BCUT2D eigenvalue weighted by molar-refractivity contribution is 5.81. The molecule has 0 bridgehead atoms. The van der Waals surface area contributed by atoms with Crippen molar-refractivity contribution in [2.24, 2.45) is 7.05 Å². The lowest BCUT2D eigenvalue weighted by Gasteiger charge is -2.15. The quantitative estimate of drug-likeness (QED) is 0.654. The van der Waals surface area contributed by atoms with E-state index in [2.05, 4.69) is 47.2 Å². The van der Waals surface area contributed by atoms with Crippen LogP contribution in [0.2, 0.25) is 0 Å². The Balaban J connectivity index is 2.09. The van der Waals surface area contributed by atoms with Crippen LogP contribution in [0.25, 0.3) is 10.9 Å². The monoisotopic (exact) mass is 263 g/mol. The molecule has 0 aliphatic rings. The largest absolute Gasteiger partial charge is 0.351 e. The van der Waals surface area contributed by atoms with E-state index in [9.17, 15) is 4.79 Å². The SMILES string of the molecule is Cn1ccc2ccc(C(CC=O)c3ccccc3)cc21. The number of carbonyl (C=O) groups is 1. The van der Waals surface area contributed by atoms with Gasteiger partial charge in [-0.05, 0) is 28.6 Å². The second-order valence-corrected chi connectivity index (χ2v) is 5.11. The second-order valence-electron chi connectivity index (χ2n) is 5.11. The van der Waals surface area contributed by atoms with Crippen LogP contribution in [0.3, 0.4) is 0 Å². The molecule has 2 aromatic carbocycles. The number of aryl methyl sites for hydroxylation is 1. The third kappa shape index (κ3) is 2.25. The standard InChI is InChI=1S/C18H17NO/c1-19-11-9-15-7-8-16(13-18(15)19)17(10-12-20)14-5-3-2-4-6-14/h2-9,11-13,17H,10H2,1H3. The van der Waals surface area contributed by atoms with E-state index >= 15 is 0 Å². The van der Waals surface area contributed by atoms with Crippen LogP contribution in [-0.2, 0) is 11.8 Å². The van der Waals surface area contributed by atoms with Gasteiger partial charge in [0.2, 0.25) is 0 Å². The molecule has 3 rings (SSSR count). The van der Waals surface area contributed by atoms with Crippen LogP contribution >= 0.6 is 0 Å². The fourth-order valence-corrected chi connectivity index (χ4v) is 2.74. The molecule has 1 atom stereocenters. The highest BCUT2D eigenvalue weighted by Gasteiger charge is 2.14. The van der Waals surface area contributed by atoms with Crippen LogP contribution in [0.4, 0.5) is 0 Å². The van der Waals surface area contributed by atoms with E-state index in [0.717, 1.165) is 6.29 Å². The number of nitrogens with zero attached hydrogens (tertiary/aromatic N) is 1. The maximum absolute atomic E-state index is 11.0. The van der Waals surface area contributed by atoms with Crippen molar-refractivity contribution in [1.29, 1.82) is 0 Å². The van der Waals surface area contributed by atoms with Gasteiger partial charge in [-0.1, -0.05) is 42.5 Å². The lowest BCUT2D eigenvalue weighted by Crippen LogP contribution is -2.02. The first-order valence-corrected chi connectivity index (χ1v) is 6.83. The predicted molar refractivity (Wildman–Crippen MR) is 81.9 cm³/mol. The first-order chi connectivity index (χ1) is 9.79. The van der Waals surface area contributed by atoms with E-state index in [-0.39, 0.29) is 5.92 Å². The molecule has 2 heteroatoms. The first kappa shape index (κ1) is 12.7. The lowest BCUT2D eigenvalue weighted by molar-refractivity contribution is -0.108. The van der Waals surface area contributed by atoms with Crippen LogP contribution in [-0.4, -0.2) is 10.9 Å². The van der Waals surface area contributed by atoms with Gasteiger partial charge in [0, 0.05) is 31.1 Å². The Bertz CT molecular complexity index is 728. The summed E-state index contributed by atoms with van der Waals surface area (Å²) >= 11 is 0. The average molecular weight is 263 g/mol. The third-order valence-electron chi connectivity index (χ3n) is 3.85. The summed E-state index contributed by atoms with van der Waals surface area (Å²) in [5.74, 6) is 0.132. The molecule has 20 heavy (non-hydrogen) atoms. The zero-order valence-corrected chi connectivity index (χ0v) is 11.5. The maximum atomic E-state index is 11.0. The summed E-state index contributed by atoms with van der Waals surface area (Å²) in [6, 6.07) is 18.8. The molecule has 0 saturated carbocycles. The van der Waals surface area contributed by atoms with E-state index in [0.29, 0.717) is 6.42 Å². The molecule has 3 aromatic rings. The molecule has 0 saturated heterocycles. The minimum atomic E-state index is 0.132. The molecule has 1 heterocycles. The lowest BCUT2D eigenvalue weighted by atomic mass is 9.88. The van der Waals surface area contributed by atoms with Crippen molar-refractivity contribution in [3.63, 3.8) is 0 Å². The second kappa shape index (κ2) is 5.33. The summed E-state index contributed by atoms with van der Waals surface area (Å²) in [6.07, 6.45) is 3.58. The van der Waals surface area contributed by atoms with Gasteiger partial charge in [0.05, 0.1) is 0 Å². The van der Waals surface area contributed by atoms with Gasteiger partial charge in [-0.2, -0.15) is 0 Å². The molecule has 0 N–H and O–H groups in total. The summed E-state index contributed by atoms with van der Waals surface area (Å²) in [7, 11) is 2.05. The summed E-state index contributed by atoms with van der Waals surface area (Å²) in [6.45, 7) is 0. The van der Waals surface area contributed by atoms with E-state index in [4.69, 9.17) is 0 Å². The molecule has 0 spiro atoms. The first-order valence-electron chi connectivity index (χ1n) is 6.83. The molecule has 1 unspecified atom stereocenters. The van der Waals surface area contributed by atoms with Gasteiger partial charge in [-0.15, -0.1) is 0 Å². The molecule has 0 aliphatic heterocycles. The van der Waals surface area contributed by atoms with Crippen molar-refractivity contribution in [3.8, 4) is 0 Å². The summed E-state index contributed by atoms with van der Waals surface area (Å²) in [4.78, 5) is 11.0. The van der Waals surface area contributed by atoms with Gasteiger partial charge in [-0.25, -0.2) is 0 Å². The fourth-order valence-electron chi connectivity index (χ4n) is 2.74. The number of carbonyl (C=O) groups excluding carboxylic acids is 1. The van der Waals surface area contributed by atoms with Crippen LogP contribution < -0.4 is 0 Å². The topological polar surface area (TPSA) is 22.0 Å². The molecule has 100 valence electrons. The van der Waals surface area contributed by atoms with Crippen molar-refractivity contribution in [1.82, 2.24) is 4.57 Å². The Morgan fingerprint density at radius 1 is 1.05 bits per heavy atom. The molecular formula is C18H17NO. The van der Waals surface area contributed by atoms with Gasteiger partial charge < -0.3 is 9.36 Å². The maximum Gasteiger partial charge on any atom is 0.120 e. The fraction of sp³-hybridized carbons (Fsp3) is 0.167. The van der Waals surface area contributed by atoms with Crippen molar-refractivity contribution in [2.75, 3.05) is 0 Å². The van der Waals surface area contributed by atoms with Crippen molar-refractivity contribution in [2.45, 2.75) is 12.3 Å². The average Bonchev–Trinajstić information content (AvgIpc) is 2.87. The van der Waals surface area contributed by atoms with Crippen molar-refractivity contribution in [3.05, 3.63) is 71.9 Å². The molecule has 0 amide bonds. The highest BCUT2D eigenvalue weighted by atomic mass is 16.1. The number of benzene rings is 2. The Hall–Kier alpha value is -2.35. The van der Waals surface area contributed by atoms with Crippen LogP contribution in [0, 0.1) is 0 Å². The predicted octanol–water partition coefficient (Wildman–Crippen LogP) is 3.90. The molecule has 0 fully saturated rings. The Morgan fingerprint density at radius 2 is 1.85 bits per heavy atom. The van der Waals surface area contributed by atoms with Crippen molar-refractivity contribution >= 4 is 17.2 Å². The molecule has 0 aliphatic carbocycles. The van der Waals surface area contributed by atoms with E-state index < -0.39 is 0 Å². The van der Waals surface area contributed by atoms with Gasteiger partial charge in [-0.3, -0.25) is 0 Å². The van der Waals surface area contributed by atoms with E-state index in [1.165, 1.54) is 22.0 Å². The Kier molecular flexibility index (Phi) is 3.38. The summed E-state index contributed by atoms with van der Waals surface area (Å²) < 4.78 is 2.11. The molecule has 1 aromatic heterocycles. The summed E-state index contributed by atoms with van der Waals surface area (Å²) in [5, 5.41) is 1.23. The summed E-state index contributed by atoms with van der Waals surface area (Å²) in [5.41, 5.74) is 3.58. The number of aldehydes is 1. The zero-order chi connectivity index (χ0) is 13.9. The Morgan fingerprint density at radius 3 is 2.60 bits per heavy atom. The molecular weight excluding hydrogens is 246 g/mol. The Labute approximate surface area is 118 Å². The normalized spacial score (nSPS) is 12.4. The van der Waals surface area contributed by atoms with Gasteiger partial charge in [0.1, 0.15) is 6.29 Å². The number of fused-ring (bicyclic) bond motifs is 1. The van der Waals surface area contributed by atoms with Crippen LogP contribution in [0.15, 0.2) is 60.8 Å². The number of rotatable bonds is 4. The third-order valence-corrected chi connectivity index (χ3v) is 3.85. The number of hydrogen-bond acceptors (Lipinski definition) is 1. The number of hydrogen-bond donors (Lipinski definition) is 0. The minimum absolute atomic E-state index is 0.132. The van der Waals surface area contributed by atoms with Gasteiger partial charge in [0.25, 0.3) is 0 Å². The van der Waals surface area contributed by atoms with E-state index in [1.807, 2.05) is 25.2 Å². The van der Waals surface area contributed by atoms with Crippen LogP contribution in [0.5, 0.6) is 0 Å². The number of aromatic nitrogens is 1. The van der Waals surface area contributed by atoms with Gasteiger partial charge in [0.15, 0.2) is 0 Å². The van der Waals surface area contributed by atoms with E-state index in [1.54, 1.807) is 0 Å². The highest BCUT2D eigenvalue weighted by Crippen LogP contribution is 2.29. The smallest absolute Gasteiger partial charge is 0.120 e. The van der Waals surface area contributed by atoms with Crippen molar-refractivity contribution < 1.29 is 4.79 Å². The van der Waals surface area contributed by atoms with Crippen LogP contribution in [0.1, 0.15) is 23.5 Å².